The molecule has 2 rings (SSSR count). The van der Waals surface area contributed by atoms with Crippen LogP contribution in [0.2, 0.25) is 0 Å². The Morgan fingerprint density at radius 2 is 2.06 bits per heavy atom. The van der Waals surface area contributed by atoms with E-state index in [4.69, 9.17) is 0 Å². The molecular weight excluding hydrogens is 214 g/mol. The topological polar surface area (TPSA) is 12.0 Å². The highest BCUT2D eigenvalue weighted by Crippen LogP contribution is 2.29. The average molecular weight is 231 g/mol. The molecule has 0 saturated heterocycles. The second-order valence-corrected chi connectivity index (χ2v) is 5.15. The molecule has 0 saturated carbocycles. The molecule has 0 spiro atoms. The van der Waals surface area contributed by atoms with Gasteiger partial charge in [-0.3, -0.25) is 0 Å². The molecule has 0 aliphatic rings. The summed E-state index contributed by atoms with van der Waals surface area (Å²) in [6, 6.07) is 11.4. The normalized spacial score (nSPS) is 12.7. The van der Waals surface area contributed by atoms with Crippen molar-refractivity contribution in [2.45, 2.75) is 19.9 Å². The fraction of sp³-hybridized carbons (Fsp3) is 0.286. The minimum absolute atomic E-state index is 0.402. The fourth-order valence-electron chi connectivity index (χ4n) is 1.83. The van der Waals surface area contributed by atoms with Gasteiger partial charge in [-0.1, -0.05) is 18.2 Å². The van der Waals surface area contributed by atoms with Crippen molar-refractivity contribution in [2.24, 2.45) is 0 Å². The van der Waals surface area contributed by atoms with E-state index in [0.29, 0.717) is 6.04 Å². The lowest BCUT2D eigenvalue weighted by molar-refractivity contribution is 0.652. The zero-order chi connectivity index (χ0) is 11.5. The van der Waals surface area contributed by atoms with Crippen molar-refractivity contribution in [3.05, 3.63) is 46.2 Å². The van der Waals surface area contributed by atoms with Crippen LogP contribution in [-0.2, 0) is 0 Å². The predicted molar refractivity (Wildman–Crippen MR) is 72.0 cm³/mol. The molecule has 16 heavy (non-hydrogen) atoms. The zero-order valence-corrected chi connectivity index (χ0v) is 10.8. The van der Waals surface area contributed by atoms with Crippen molar-refractivity contribution in [2.75, 3.05) is 7.05 Å². The third-order valence-corrected chi connectivity index (χ3v) is 3.84. The summed E-state index contributed by atoms with van der Waals surface area (Å²) < 4.78 is 0. The molecule has 0 aliphatic heterocycles. The van der Waals surface area contributed by atoms with E-state index < -0.39 is 0 Å². The van der Waals surface area contributed by atoms with Gasteiger partial charge in [0.1, 0.15) is 0 Å². The molecule has 1 aromatic carbocycles. The van der Waals surface area contributed by atoms with Crippen molar-refractivity contribution in [3.63, 3.8) is 0 Å². The number of hydrogen-bond acceptors (Lipinski definition) is 2. The van der Waals surface area contributed by atoms with E-state index in [2.05, 4.69) is 54.9 Å². The maximum absolute atomic E-state index is 3.27. The summed E-state index contributed by atoms with van der Waals surface area (Å²) >= 11 is 1.80. The zero-order valence-electron chi connectivity index (χ0n) is 9.95. The Morgan fingerprint density at radius 3 is 2.69 bits per heavy atom. The van der Waals surface area contributed by atoms with Gasteiger partial charge in [0, 0.05) is 10.9 Å². The van der Waals surface area contributed by atoms with E-state index in [1.807, 2.05) is 7.05 Å². The van der Waals surface area contributed by atoms with Crippen molar-refractivity contribution in [1.29, 1.82) is 0 Å². The average Bonchev–Trinajstić information content (AvgIpc) is 2.74. The largest absolute Gasteiger partial charge is 0.313 e. The standard InChI is InChI=1S/C14H17NS/c1-10(15-3)12-5-4-6-13(9-12)14-7-8-16-11(14)2/h4-10,15H,1-3H3. The van der Waals surface area contributed by atoms with Gasteiger partial charge in [0.2, 0.25) is 0 Å². The van der Waals surface area contributed by atoms with Crippen molar-refractivity contribution in [1.82, 2.24) is 5.32 Å². The molecule has 84 valence electrons. The number of benzene rings is 1. The molecular formula is C14H17NS. The van der Waals surface area contributed by atoms with E-state index in [1.165, 1.54) is 21.6 Å². The Morgan fingerprint density at radius 1 is 1.25 bits per heavy atom. The monoisotopic (exact) mass is 231 g/mol. The van der Waals surface area contributed by atoms with Crippen LogP contribution in [0.5, 0.6) is 0 Å². The summed E-state index contributed by atoms with van der Waals surface area (Å²) in [7, 11) is 1.99. The Labute approximate surface area is 101 Å². The number of nitrogens with one attached hydrogen (secondary N) is 1. The quantitative estimate of drug-likeness (QED) is 0.841. The van der Waals surface area contributed by atoms with Crippen LogP contribution in [0, 0.1) is 6.92 Å². The van der Waals surface area contributed by atoms with Gasteiger partial charge in [-0.25, -0.2) is 0 Å². The first-order chi connectivity index (χ1) is 7.72. The highest BCUT2D eigenvalue weighted by Gasteiger charge is 2.06. The third-order valence-electron chi connectivity index (χ3n) is 2.99. The highest BCUT2D eigenvalue weighted by atomic mass is 32.1. The Bertz CT molecular complexity index is 473. The summed E-state index contributed by atoms with van der Waals surface area (Å²) in [6.45, 7) is 4.35. The maximum Gasteiger partial charge on any atom is 0.0289 e. The minimum atomic E-state index is 0.402. The Balaban J connectivity index is 2.40. The molecule has 0 bridgehead atoms. The van der Waals surface area contributed by atoms with Crippen LogP contribution < -0.4 is 5.32 Å². The van der Waals surface area contributed by atoms with Crippen molar-refractivity contribution in [3.8, 4) is 11.1 Å². The summed E-state index contributed by atoms with van der Waals surface area (Å²) in [5.74, 6) is 0. The van der Waals surface area contributed by atoms with Gasteiger partial charge in [-0.05, 0) is 55.1 Å². The van der Waals surface area contributed by atoms with Gasteiger partial charge < -0.3 is 5.32 Å². The lowest BCUT2D eigenvalue weighted by Gasteiger charge is -2.12. The first-order valence-corrected chi connectivity index (χ1v) is 6.42. The second-order valence-electron chi connectivity index (χ2n) is 4.03. The lowest BCUT2D eigenvalue weighted by atomic mass is 10.0. The molecule has 1 N–H and O–H groups in total. The number of aryl methyl sites for hydroxylation is 1. The molecule has 1 heterocycles. The van der Waals surface area contributed by atoms with E-state index >= 15 is 0 Å². The molecule has 1 aromatic heterocycles. The molecule has 0 amide bonds. The van der Waals surface area contributed by atoms with Gasteiger partial charge in [0.25, 0.3) is 0 Å². The first-order valence-electron chi connectivity index (χ1n) is 5.54. The van der Waals surface area contributed by atoms with Crippen LogP contribution in [-0.4, -0.2) is 7.05 Å². The molecule has 2 heteroatoms. The van der Waals surface area contributed by atoms with Crippen LogP contribution >= 0.6 is 11.3 Å². The van der Waals surface area contributed by atoms with Crippen LogP contribution in [0.1, 0.15) is 23.4 Å². The lowest BCUT2D eigenvalue weighted by Crippen LogP contribution is -2.12. The Kier molecular flexibility index (Phi) is 3.42. The van der Waals surface area contributed by atoms with Gasteiger partial charge in [-0.2, -0.15) is 0 Å². The predicted octanol–water partition coefficient (Wildman–Crippen LogP) is 4.00. The molecule has 0 radical (unpaired) electrons. The van der Waals surface area contributed by atoms with Crippen LogP contribution in [0.25, 0.3) is 11.1 Å². The number of rotatable bonds is 3. The fourth-order valence-corrected chi connectivity index (χ4v) is 2.55. The summed E-state index contributed by atoms with van der Waals surface area (Å²) in [6.07, 6.45) is 0. The highest BCUT2D eigenvalue weighted by molar-refractivity contribution is 7.10. The summed E-state index contributed by atoms with van der Waals surface area (Å²) in [5, 5.41) is 5.42. The summed E-state index contributed by atoms with van der Waals surface area (Å²) in [5.41, 5.74) is 4.01. The number of hydrogen-bond donors (Lipinski definition) is 1. The SMILES string of the molecule is CNC(C)c1cccc(-c2ccsc2C)c1. The van der Waals surface area contributed by atoms with Crippen LogP contribution in [0.4, 0.5) is 0 Å². The minimum Gasteiger partial charge on any atom is -0.313 e. The molecule has 0 aliphatic carbocycles. The van der Waals surface area contributed by atoms with Crippen LogP contribution in [0.3, 0.4) is 0 Å². The third kappa shape index (κ3) is 2.18. The van der Waals surface area contributed by atoms with Gasteiger partial charge in [-0.15, -0.1) is 11.3 Å². The molecule has 2 aromatic rings. The Hall–Kier alpha value is -1.12. The maximum atomic E-state index is 3.27. The molecule has 0 fully saturated rings. The first kappa shape index (κ1) is 11.4. The van der Waals surface area contributed by atoms with Gasteiger partial charge >= 0.3 is 0 Å². The second kappa shape index (κ2) is 4.81. The van der Waals surface area contributed by atoms with E-state index in [0.717, 1.165) is 0 Å². The number of thiophene rings is 1. The van der Waals surface area contributed by atoms with Gasteiger partial charge in [0.05, 0.1) is 0 Å². The molecule has 1 nitrogen and oxygen atoms in total. The summed E-state index contributed by atoms with van der Waals surface area (Å²) in [4.78, 5) is 1.38. The molecule has 1 atom stereocenters. The molecule has 1 unspecified atom stereocenters. The smallest absolute Gasteiger partial charge is 0.0289 e. The van der Waals surface area contributed by atoms with E-state index in [1.54, 1.807) is 11.3 Å². The van der Waals surface area contributed by atoms with E-state index in [9.17, 15) is 0 Å². The van der Waals surface area contributed by atoms with Crippen molar-refractivity contribution < 1.29 is 0 Å². The van der Waals surface area contributed by atoms with E-state index in [-0.39, 0.29) is 0 Å². The van der Waals surface area contributed by atoms with Crippen molar-refractivity contribution >= 4 is 11.3 Å². The van der Waals surface area contributed by atoms with Gasteiger partial charge in [0.15, 0.2) is 0 Å². The van der Waals surface area contributed by atoms with Crippen LogP contribution in [0.15, 0.2) is 35.7 Å².